The first kappa shape index (κ1) is 14.4. The second kappa shape index (κ2) is 7.61. The number of nitrogens with one attached hydrogen (secondary N) is 2. The van der Waals surface area contributed by atoms with Crippen molar-refractivity contribution < 1.29 is 0 Å². The van der Waals surface area contributed by atoms with Gasteiger partial charge in [-0.15, -0.1) is 11.8 Å². The van der Waals surface area contributed by atoms with E-state index in [-0.39, 0.29) is 0 Å². The molecule has 0 aliphatic carbocycles. The minimum atomic E-state index is 0.487. The average Bonchev–Trinajstić information content (AvgIpc) is 2.33. The standard InChI is InChI=1S/C12H18BrN3S/c1-9(8-16-12(14-2)15-3)17-11-6-4-10(13)5-7-11/h4-7,9H,8H2,1-3H3,(H2,14,15,16). The van der Waals surface area contributed by atoms with E-state index in [1.165, 1.54) is 4.90 Å². The van der Waals surface area contributed by atoms with Crippen molar-refractivity contribution in [2.75, 3.05) is 20.6 Å². The molecule has 0 fully saturated rings. The third-order valence-electron chi connectivity index (χ3n) is 2.17. The smallest absolute Gasteiger partial charge is 0.190 e. The Labute approximate surface area is 116 Å². The van der Waals surface area contributed by atoms with Crippen molar-refractivity contribution in [3.8, 4) is 0 Å². The van der Waals surface area contributed by atoms with Crippen molar-refractivity contribution in [2.45, 2.75) is 17.1 Å². The zero-order chi connectivity index (χ0) is 12.7. The molecule has 0 aliphatic heterocycles. The Hall–Kier alpha value is -0.680. The monoisotopic (exact) mass is 315 g/mol. The van der Waals surface area contributed by atoms with Crippen LogP contribution in [-0.2, 0) is 0 Å². The summed E-state index contributed by atoms with van der Waals surface area (Å²) in [5, 5.41) is 6.75. The van der Waals surface area contributed by atoms with Crippen LogP contribution in [0, 0.1) is 0 Å². The number of benzene rings is 1. The van der Waals surface area contributed by atoms with Gasteiger partial charge in [-0.1, -0.05) is 22.9 Å². The molecule has 2 N–H and O–H groups in total. The highest BCUT2D eigenvalue weighted by molar-refractivity contribution is 9.10. The molecule has 0 heterocycles. The van der Waals surface area contributed by atoms with E-state index in [1.807, 2.05) is 18.8 Å². The number of guanidine groups is 1. The zero-order valence-electron chi connectivity index (χ0n) is 10.3. The van der Waals surface area contributed by atoms with Crippen molar-refractivity contribution in [1.29, 1.82) is 0 Å². The lowest BCUT2D eigenvalue weighted by atomic mass is 10.4. The lowest BCUT2D eigenvalue weighted by Gasteiger charge is -2.14. The summed E-state index contributed by atoms with van der Waals surface area (Å²) in [6.45, 7) is 3.08. The van der Waals surface area contributed by atoms with Crippen LogP contribution in [0.1, 0.15) is 6.92 Å². The maximum atomic E-state index is 4.08. The number of aliphatic imine (C=N–C) groups is 1. The molecule has 0 aromatic heterocycles. The molecule has 5 heteroatoms. The van der Waals surface area contributed by atoms with Gasteiger partial charge in [0.15, 0.2) is 5.96 Å². The molecule has 0 bridgehead atoms. The first-order valence-electron chi connectivity index (χ1n) is 5.46. The fourth-order valence-corrected chi connectivity index (χ4v) is 2.50. The van der Waals surface area contributed by atoms with Gasteiger partial charge in [-0.05, 0) is 24.3 Å². The van der Waals surface area contributed by atoms with Gasteiger partial charge in [0, 0.05) is 35.3 Å². The minimum absolute atomic E-state index is 0.487. The maximum absolute atomic E-state index is 4.08. The van der Waals surface area contributed by atoms with Crippen LogP contribution in [0.2, 0.25) is 0 Å². The average molecular weight is 316 g/mol. The van der Waals surface area contributed by atoms with Crippen LogP contribution in [0.15, 0.2) is 38.6 Å². The van der Waals surface area contributed by atoms with E-state index in [0.717, 1.165) is 17.0 Å². The van der Waals surface area contributed by atoms with Gasteiger partial charge in [0.05, 0.1) is 0 Å². The highest BCUT2D eigenvalue weighted by Gasteiger charge is 2.05. The third kappa shape index (κ3) is 5.46. The Morgan fingerprint density at radius 2 is 2.06 bits per heavy atom. The van der Waals surface area contributed by atoms with Gasteiger partial charge in [0.1, 0.15) is 0 Å². The Morgan fingerprint density at radius 3 is 2.59 bits per heavy atom. The molecule has 3 nitrogen and oxygen atoms in total. The molecular weight excluding hydrogens is 298 g/mol. The summed E-state index contributed by atoms with van der Waals surface area (Å²) in [5.74, 6) is 0.827. The summed E-state index contributed by atoms with van der Waals surface area (Å²) in [5.41, 5.74) is 0. The highest BCUT2D eigenvalue weighted by Crippen LogP contribution is 2.24. The summed E-state index contributed by atoms with van der Waals surface area (Å²) in [7, 11) is 3.63. The fraction of sp³-hybridized carbons (Fsp3) is 0.417. The van der Waals surface area contributed by atoms with Gasteiger partial charge in [-0.2, -0.15) is 0 Å². The Balaban J connectivity index is 2.39. The summed E-state index contributed by atoms with van der Waals surface area (Å²) in [6.07, 6.45) is 0. The van der Waals surface area contributed by atoms with Crippen molar-refractivity contribution in [3.63, 3.8) is 0 Å². The predicted molar refractivity (Wildman–Crippen MR) is 79.9 cm³/mol. The van der Waals surface area contributed by atoms with Crippen molar-refractivity contribution in [1.82, 2.24) is 10.6 Å². The first-order valence-corrected chi connectivity index (χ1v) is 7.13. The second-order valence-corrected chi connectivity index (χ2v) is 6.01. The van der Waals surface area contributed by atoms with E-state index >= 15 is 0 Å². The van der Waals surface area contributed by atoms with Crippen LogP contribution in [0.5, 0.6) is 0 Å². The number of rotatable bonds is 4. The number of halogens is 1. The van der Waals surface area contributed by atoms with Crippen LogP contribution in [0.4, 0.5) is 0 Å². The fourth-order valence-electron chi connectivity index (χ4n) is 1.31. The Kier molecular flexibility index (Phi) is 6.44. The molecular formula is C12H18BrN3S. The van der Waals surface area contributed by atoms with Crippen molar-refractivity contribution >= 4 is 33.7 Å². The number of nitrogens with zero attached hydrogens (tertiary/aromatic N) is 1. The summed E-state index contributed by atoms with van der Waals surface area (Å²) >= 11 is 5.28. The molecule has 17 heavy (non-hydrogen) atoms. The molecule has 1 unspecified atom stereocenters. The first-order chi connectivity index (χ1) is 8.15. The lowest BCUT2D eigenvalue weighted by Crippen LogP contribution is -2.37. The quantitative estimate of drug-likeness (QED) is 0.509. The number of hydrogen-bond acceptors (Lipinski definition) is 2. The number of thioether (sulfide) groups is 1. The maximum Gasteiger partial charge on any atom is 0.190 e. The molecule has 94 valence electrons. The van der Waals surface area contributed by atoms with Crippen molar-refractivity contribution in [3.05, 3.63) is 28.7 Å². The van der Waals surface area contributed by atoms with E-state index in [0.29, 0.717) is 5.25 Å². The largest absolute Gasteiger partial charge is 0.359 e. The van der Waals surface area contributed by atoms with E-state index < -0.39 is 0 Å². The van der Waals surface area contributed by atoms with Gasteiger partial charge in [0.2, 0.25) is 0 Å². The topological polar surface area (TPSA) is 36.4 Å². The molecule has 1 rings (SSSR count). The summed E-state index contributed by atoms with van der Waals surface area (Å²) < 4.78 is 1.11. The Bertz CT molecular complexity index is 365. The molecule has 0 radical (unpaired) electrons. The van der Waals surface area contributed by atoms with Crippen LogP contribution in [0.3, 0.4) is 0 Å². The molecule has 0 spiro atoms. The molecule has 0 saturated heterocycles. The van der Waals surface area contributed by atoms with E-state index in [4.69, 9.17) is 0 Å². The normalized spacial score (nSPS) is 13.3. The lowest BCUT2D eigenvalue weighted by molar-refractivity contribution is 0.826. The SMILES string of the molecule is CN=C(NC)NCC(C)Sc1ccc(Br)cc1. The highest BCUT2D eigenvalue weighted by atomic mass is 79.9. The van der Waals surface area contributed by atoms with Crippen LogP contribution in [0.25, 0.3) is 0 Å². The molecule has 1 atom stereocenters. The minimum Gasteiger partial charge on any atom is -0.359 e. The van der Waals surface area contributed by atoms with Crippen LogP contribution in [-0.4, -0.2) is 31.8 Å². The van der Waals surface area contributed by atoms with Gasteiger partial charge in [-0.3, -0.25) is 4.99 Å². The molecule has 1 aromatic rings. The third-order valence-corrected chi connectivity index (χ3v) is 3.81. The molecule has 1 aromatic carbocycles. The zero-order valence-corrected chi connectivity index (χ0v) is 12.7. The van der Waals surface area contributed by atoms with Crippen LogP contribution < -0.4 is 10.6 Å². The second-order valence-electron chi connectivity index (χ2n) is 3.59. The van der Waals surface area contributed by atoms with E-state index in [2.05, 4.69) is 62.7 Å². The van der Waals surface area contributed by atoms with Crippen molar-refractivity contribution in [2.24, 2.45) is 4.99 Å². The number of hydrogen-bond donors (Lipinski definition) is 2. The van der Waals surface area contributed by atoms with Crippen LogP contribution >= 0.6 is 27.7 Å². The summed E-state index contributed by atoms with van der Waals surface area (Å²) in [4.78, 5) is 5.36. The summed E-state index contributed by atoms with van der Waals surface area (Å²) in [6, 6.07) is 8.38. The molecule has 0 aliphatic rings. The van der Waals surface area contributed by atoms with E-state index in [1.54, 1.807) is 7.05 Å². The molecule has 0 saturated carbocycles. The predicted octanol–water partition coefficient (Wildman–Crippen LogP) is 2.72. The van der Waals surface area contributed by atoms with E-state index in [9.17, 15) is 0 Å². The van der Waals surface area contributed by atoms with Gasteiger partial charge in [-0.25, -0.2) is 0 Å². The Morgan fingerprint density at radius 1 is 1.41 bits per heavy atom. The van der Waals surface area contributed by atoms with Gasteiger partial charge < -0.3 is 10.6 Å². The van der Waals surface area contributed by atoms with Gasteiger partial charge >= 0.3 is 0 Å². The van der Waals surface area contributed by atoms with Gasteiger partial charge in [0.25, 0.3) is 0 Å². The molecule has 0 amide bonds.